The van der Waals surface area contributed by atoms with Crippen LogP contribution in [0.4, 0.5) is 4.39 Å². The van der Waals surface area contributed by atoms with Gasteiger partial charge in [0.1, 0.15) is 5.75 Å². The molecule has 0 amide bonds. The molecule has 3 nitrogen and oxygen atoms in total. The first kappa shape index (κ1) is 11.5. The number of hydrogen-bond acceptors (Lipinski definition) is 3. The van der Waals surface area contributed by atoms with Gasteiger partial charge in [-0.05, 0) is 24.6 Å². The van der Waals surface area contributed by atoms with Crippen LogP contribution in [0.2, 0.25) is 0 Å². The number of hydrogen-bond donors (Lipinski definition) is 1. The highest BCUT2D eigenvalue weighted by Crippen LogP contribution is 2.26. The van der Waals surface area contributed by atoms with Gasteiger partial charge < -0.3 is 10.5 Å². The third-order valence-electron chi connectivity index (χ3n) is 2.46. The molecule has 0 aliphatic heterocycles. The molecule has 4 heteroatoms. The zero-order chi connectivity index (χ0) is 12.3. The van der Waals surface area contributed by atoms with Gasteiger partial charge in [-0.15, -0.1) is 0 Å². The Labute approximate surface area is 99.1 Å². The van der Waals surface area contributed by atoms with E-state index in [1.807, 2.05) is 25.1 Å². The van der Waals surface area contributed by atoms with Crippen LogP contribution < -0.4 is 10.5 Å². The monoisotopic (exact) mass is 232 g/mol. The number of aryl methyl sites for hydroxylation is 1. The molecule has 0 atom stereocenters. The maximum absolute atomic E-state index is 13.8. The fourth-order valence-electron chi connectivity index (χ4n) is 1.47. The molecular formula is C13H13FN2O. The third kappa shape index (κ3) is 2.42. The number of aromatic nitrogens is 1. The van der Waals surface area contributed by atoms with Crippen LogP contribution in [0.3, 0.4) is 0 Å². The highest BCUT2D eigenvalue weighted by atomic mass is 19.1. The average Bonchev–Trinajstić information content (AvgIpc) is 2.34. The summed E-state index contributed by atoms with van der Waals surface area (Å²) in [6.07, 6.45) is 1.48. The van der Waals surface area contributed by atoms with E-state index in [9.17, 15) is 4.39 Å². The van der Waals surface area contributed by atoms with Crippen LogP contribution in [0.1, 0.15) is 11.1 Å². The highest BCUT2D eigenvalue weighted by Gasteiger charge is 2.11. The van der Waals surface area contributed by atoms with Crippen molar-refractivity contribution >= 4 is 0 Å². The van der Waals surface area contributed by atoms with Gasteiger partial charge in [-0.2, -0.15) is 0 Å². The summed E-state index contributed by atoms with van der Waals surface area (Å²) in [5, 5.41) is 0. The largest absolute Gasteiger partial charge is 0.436 e. The predicted octanol–water partition coefficient (Wildman–Crippen LogP) is 2.78. The van der Waals surface area contributed by atoms with Crippen molar-refractivity contribution in [2.75, 3.05) is 0 Å². The summed E-state index contributed by atoms with van der Waals surface area (Å²) in [6.45, 7) is 2.01. The van der Waals surface area contributed by atoms with Gasteiger partial charge in [0.05, 0.1) is 0 Å². The Morgan fingerprint density at radius 3 is 2.76 bits per heavy atom. The number of pyridine rings is 1. The topological polar surface area (TPSA) is 48.1 Å². The molecule has 0 aliphatic carbocycles. The van der Waals surface area contributed by atoms with Gasteiger partial charge in [0.25, 0.3) is 5.88 Å². The van der Waals surface area contributed by atoms with Crippen LogP contribution in [0.5, 0.6) is 11.6 Å². The molecule has 0 fully saturated rings. The van der Waals surface area contributed by atoms with Crippen molar-refractivity contribution in [3.05, 3.63) is 53.5 Å². The lowest BCUT2D eigenvalue weighted by Gasteiger charge is -2.09. The van der Waals surface area contributed by atoms with Gasteiger partial charge in [-0.3, -0.25) is 0 Å². The van der Waals surface area contributed by atoms with Crippen LogP contribution in [0.15, 0.2) is 36.5 Å². The summed E-state index contributed by atoms with van der Waals surface area (Å²) >= 11 is 0. The van der Waals surface area contributed by atoms with E-state index in [0.29, 0.717) is 11.3 Å². The Kier molecular flexibility index (Phi) is 3.35. The molecular weight excluding hydrogens is 219 g/mol. The molecule has 1 aromatic heterocycles. The molecule has 0 bridgehead atoms. The van der Waals surface area contributed by atoms with E-state index in [1.165, 1.54) is 6.20 Å². The molecule has 1 heterocycles. The summed E-state index contributed by atoms with van der Waals surface area (Å²) in [7, 11) is 0. The molecule has 2 N–H and O–H groups in total. The maximum atomic E-state index is 13.8. The van der Waals surface area contributed by atoms with E-state index < -0.39 is 5.82 Å². The van der Waals surface area contributed by atoms with E-state index in [1.54, 1.807) is 12.1 Å². The number of benzene rings is 1. The lowest BCUT2D eigenvalue weighted by molar-refractivity contribution is 0.416. The van der Waals surface area contributed by atoms with Crippen molar-refractivity contribution in [3.8, 4) is 11.6 Å². The second-order valence-corrected chi connectivity index (χ2v) is 3.66. The van der Waals surface area contributed by atoms with Gasteiger partial charge in [-0.25, -0.2) is 9.37 Å². The third-order valence-corrected chi connectivity index (χ3v) is 2.46. The molecule has 2 aromatic rings. The maximum Gasteiger partial charge on any atom is 0.256 e. The number of nitrogens with zero attached hydrogens (tertiary/aromatic N) is 1. The highest BCUT2D eigenvalue weighted by molar-refractivity contribution is 5.36. The SMILES string of the molecule is Cc1ccccc1Oc1nccc(CN)c1F. The summed E-state index contributed by atoms with van der Waals surface area (Å²) in [6, 6.07) is 8.92. The van der Waals surface area contributed by atoms with E-state index in [2.05, 4.69) is 4.98 Å². The smallest absolute Gasteiger partial charge is 0.256 e. The Hall–Kier alpha value is -1.94. The van der Waals surface area contributed by atoms with Gasteiger partial charge in [0.15, 0.2) is 5.82 Å². The number of nitrogens with two attached hydrogens (primary N) is 1. The van der Waals surface area contributed by atoms with Crippen LogP contribution in [0, 0.1) is 12.7 Å². The lowest BCUT2D eigenvalue weighted by Crippen LogP contribution is -2.02. The first-order chi connectivity index (χ1) is 8.22. The quantitative estimate of drug-likeness (QED) is 0.885. The molecule has 0 aliphatic rings. The molecule has 0 unspecified atom stereocenters. The Morgan fingerprint density at radius 1 is 1.29 bits per heavy atom. The number of ether oxygens (including phenoxy) is 1. The number of rotatable bonds is 3. The molecule has 0 saturated carbocycles. The van der Waals surface area contributed by atoms with Crippen LogP contribution in [0.25, 0.3) is 0 Å². The normalized spacial score (nSPS) is 10.3. The first-order valence-corrected chi connectivity index (χ1v) is 5.29. The van der Waals surface area contributed by atoms with Crippen LogP contribution in [-0.4, -0.2) is 4.98 Å². The molecule has 0 saturated heterocycles. The van der Waals surface area contributed by atoms with Crippen molar-refractivity contribution in [2.24, 2.45) is 5.73 Å². The fourth-order valence-corrected chi connectivity index (χ4v) is 1.47. The summed E-state index contributed by atoms with van der Waals surface area (Å²) in [5.74, 6) is 0.0496. The van der Waals surface area contributed by atoms with Crippen molar-refractivity contribution in [1.29, 1.82) is 0 Å². The fraction of sp³-hybridized carbons (Fsp3) is 0.154. The molecule has 2 rings (SSSR count). The van der Waals surface area contributed by atoms with E-state index in [0.717, 1.165) is 5.56 Å². The minimum atomic E-state index is -0.502. The molecule has 17 heavy (non-hydrogen) atoms. The van der Waals surface area contributed by atoms with Gasteiger partial charge >= 0.3 is 0 Å². The van der Waals surface area contributed by atoms with Crippen LogP contribution >= 0.6 is 0 Å². The van der Waals surface area contributed by atoms with Crippen molar-refractivity contribution < 1.29 is 9.13 Å². The van der Waals surface area contributed by atoms with Gasteiger partial charge in [-0.1, -0.05) is 18.2 Å². The van der Waals surface area contributed by atoms with Crippen molar-refractivity contribution in [2.45, 2.75) is 13.5 Å². The Bertz CT molecular complexity index is 529. The predicted molar refractivity (Wildman–Crippen MR) is 63.3 cm³/mol. The lowest BCUT2D eigenvalue weighted by atomic mass is 10.2. The van der Waals surface area contributed by atoms with Crippen LogP contribution in [-0.2, 0) is 6.54 Å². The zero-order valence-corrected chi connectivity index (χ0v) is 9.48. The van der Waals surface area contributed by atoms with E-state index in [-0.39, 0.29) is 12.4 Å². The molecule has 0 spiro atoms. The zero-order valence-electron chi connectivity index (χ0n) is 9.48. The van der Waals surface area contributed by atoms with E-state index >= 15 is 0 Å². The molecule has 1 aromatic carbocycles. The number of para-hydroxylation sites is 1. The van der Waals surface area contributed by atoms with Gasteiger partial charge in [0.2, 0.25) is 0 Å². The Balaban J connectivity index is 2.34. The molecule has 88 valence electrons. The second-order valence-electron chi connectivity index (χ2n) is 3.66. The van der Waals surface area contributed by atoms with Gasteiger partial charge in [0, 0.05) is 18.3 Å². The standard InChI is InChI=1S/C13H13FN2O/c1-9-4-2-3-5-11(9)17-13-12(14)10(8-15)6-7-16-13/h2-7H,8,15H2,1H3. The summed E-state index contributed by atoms with van der Waals surface area (Å²) in [5.41, 5.74) is 6.73. The number of halogens is 1. The second kappa shape index (κ2) is 4.93. The summed E-state index contributed by atoms with van der Waals surface area (Å²) in [4.78, 5) is 3.87. The summed E-state index contributed by atoms with van der Waals surface area (Å²) < 4.78 is 19.3. The Morgan fingerprint density at radius 2 is 2.06 bits per heavy atom. The average molecular weight is 232 g/mol. The van der Waals surface area contributed by atoms with E-state index in [4.69, 9.17) is 10.5 Å². The minimum Gasteiger partial charge on any atom is -0.436 e. The minimum absolute atomic E-state index is 0.0396. The molecule has 0 radical (unpaired) electrons. The van der Waals surface area contributed by atoms with Crippen molar-refractivity contribution in [3.63, 3.8) is 0 Å². The first-order valence-electron chi connectivity index (χ1n) is 5.29. The van der Waals surface area contributed by atoms with Crippen molar-refractivity contribution in [1.82, 2.24) is 4.98 Å².